The minimum atomic E-state index is -0.783. The maximum Gasteiger partial charge on any atom is 0.261 e. The van der Waals surface area contributed by atoms with Gasteiger partial charge >= 0.3 is 0 Å². The number of Topliss-reactive ketones (excluding diaryl/α,β-unsaturated/α-hetero) is 1. The molecule has 5 nitrogen and oxygen atoms in total. The van der Waals surface area contributed by atoms with Crippen molar-refractivity contribution in [3.8, 4) is 0 Å². The van der Waals surface area contributed by atoms with Crippen LogP contribution >= 0.6 is 0 Å². The minimum absolute atomic E-state index is 0.0298. The molecule has 0 radical (unpaired) electrons. The standard InChI is InChI=1S/C19H17NO4/c1-3-9-8-14(21)10-4-6-12-16-13(19(24)20(2)18(12)23)7-5-11(15(10)16)17(9)22/h4-7,9,14,21H,3,8H2,1-2H3/t9-,14?/m0/s1. The van der Waals surface area contributed by atoms with E-state index in [9.17, 15) is 19.5 Å². The monoisotopic (exact) mass is 323 g/mol. The Morgan fingerprint density at radius 1 is 1.00 bits per heavy atom. The van der Waals surface area contributed by atoms with E-state index in [0.29, 0.717) is 45.9 Å². The van der Waals surface area contributed by atoms with Crippen LogP contribution in [0, 0.1) is 5.92 Å². The molecule has 1 aliphatic carbocycles. The topological polar surface area (TPSA) is 74.7 Å². The first-order valence-electron chi connectivity index (χ1n) is 8.10. The molecule has 1 aliphatic heterocycles. The van der Waals surface area contributed by atoms with Gasteiger partial charge in [0.25, 0.3) is 11.8 Å². The van der Waals surface area contributed by atoms with Crippen molar-refractivity contribution in [3.63, 3.8) is 0 Å². The second-order valence-corrected chi connectivity index (χ2v) is 6.50. The van der Waals surface area contributed by atoms with Crippen LogP contribution in [-0.4, -0.2) is 34.7 Å². The van der Waals surface area contributed by atoms with Gasteiger partial charge in [-0.1, -0.05) is 13.0 Å². The number of nitrogens with zero attached hydrogens (tertiary/aromatic N) is 1. The lowest BCUT2D eigenvalue weighted by Gasteiger charge is -2.25. The summed E-state index contributed by atoms with van der Waals surface area (Å²) in [6, 6.07) is 6.65. The van der Waals surface area contributed by atoms with Crippen LogP contribution in [0.15, 0.2) is 24.3 Å². The molecule has 4 rings (SSSR count). The predicted octanol–water partition coefficient (Wildman–Crippen LogP) is 2.71. The Hall–Kier alpha value is -2.53. The van der Waals surface area contributed by atoms with E-state index in [-0.39, 0.29) is 23.5 Å². The zero-order valence-electron chi connectivity index (χ0n) is 13.5. The Balaban J connectivity index is 2.16. The number of aliphatic hydroxyl groups is 1. The lowest BCUT2D eigenvalue weighted by atomic mass is 9.87. The molecule has 24 heavy (non-hydrogen) atoms. The summed E-state index contributed by atoms with van der Waals surface area (Å²) < 4.78 is 0. The van der Waals surface area contributed by atoms with Crippen molar-refractivity contribution >= 4 is 28.4 Å². The van der Waals surface area contributed by atoms with E-state index in [2.05, 4.69) is 0 Å². The molecule has 0 saturated heterocycles. The number of rotatable bonds is 1. The summed E-state index contributed by atoms with van der Waals surface area (Å²) in [5, 5.41) is 11.7. The van der Waals surface area contributed by atoms with Crippen LogP contribution < -0.4 is 0 Å². The molecule has 2 aromatic rings. The zero-order valence-corrected chi connectivity index (χ0v) is 13.5. The molecule has 0 spiro atoms. The summed E-state index contributed by atoms with van der Waals surface area (Å²) >= 11 is 0. The van der Waals surface area contributed by atoms with Crippen LogP contribution in [0.1, 0.15) is 62.5 Å². The third-order valence-corrected chi connectivity index (χ3v) is 5.26. The molecule has 2 aromatic carbocycles. The van der Waals surface area contributed by atoms with Crippen LogP contribution in [0.25, 0.3) is 10.8 Å². The van der Waals surface area contributed by atoms with E-state index in [1.165, 1.54) is 7.05 Å². The van der Waals surface area contributed by atoms with Gasteiger partial charge in [0.15, 0.2) is 5.78 Å². The molecule has 5 heteroatoms. The molecular weight excluding hydrogens is 306 g/mol. The van der Waals surface area contributed by atoms with Gasteiger partial charge in [0, 0.05) is 35.0 Å². The number of carbonyl (C=O) groups excluding carboxylic acids is 3. The number of hydrogen-bond acceptors (Lipinski definition) is 4. The van der Waals surface area contributed by atoms with Crippen molar-refractivity contribution in [1.29, 1.82) is 0 Å². The van der Waals surface area contributed by atoms with Gasteiger partial charge < -0.3 is 5.11 Å². The van der Waals surface area contributed by atoms with Crippen LogP contribution in [-0.2, 0) is 0 Å². The quantitative estimate of drug-likeness (QED) is 0.819. The Bertz CT molecular complexity index is 908. The lowest BCUT2D eigenvalue weighted by Crippen LogP contribution is -2.37. The number of ketones is 1. The van der Waals surface area contributed by atoms with Gasteiger partial charge in [-0.15, -0.1) is 0 Å². The van der Waals surface area contributed by atoms with Gasteiger partial charge in [-0.3, -0.25) is 19.3 Å². The highest BCUT2D eigenvalue weighted by Crippen LogP contribution is 2.41. The zero-order chi connectivity index (χ0) is 17.2. The van der Waals surface area contributed by atoms with E-state index in [0.717, 1.165) is 4.90 Å². The van der Waals surface area contributed by atoms with Crippen molar-refractivity contribution in [1.82, 2.24) is 4.90 Å². The van der Waals surface area contributed by atoms with E-state index in [1.807, 2.05) is 6.92 Å². The third kappa shape index (κ3) is 1.76. The van der Waals surface area contributed by atoms with Crippen molar-refractivity contribution in [3.05, 3.63) is 46.5 Å². The van der Waals surface area contributed by atoms with Crippen molar-refractivity contribution in [2.24, 2.45) is 5.92 Å². The number of imide groups is 1. The average Bonchev–Trinajstić information content (AvgIpc) is 2.70. The molecule has 0 bridgehead atoms. The maximum absolute atomic E-state index is 12.9. The Morgan fingerprint density at radius 2 is 1.58 bits per heavy atom. The first-order chi connectivity index (χ1) is 11.5. The summed E-state index contributed by atoms with van der Waals surface area (Å²) in [6.07, 6.45) is 0.213. The minimum Gasteiger partial charge on any atom is -0.388 e. The summed E-state index contributed by atoms with van der Waals surface area (Å²) in [4.78, 5) is 38.9. The van der Waals surface area contributed by atoms with Crippen molar-refractivity contribution < 1.29 is 19.5 Å². The van der Waals surface area contributed by atoms with E-state index < -0.39 is 6.10 Å². The molecule has 1 N–H and O–H groups in total. The first-order valence-corrected chi connectivity index (χ1v) is 8.10. The van der Waals surface area contributed by atoms with E-state index in [1.54, 1.807) is 24.3 Å². The third-order valence-electron chi connectivity index (χ3n) is 5.26. The average molecular weight is 323 g/mol. The lowest BCUT2D eigenvalue weighted by molar-refractivity contribution is 0.0650. The molecule has 122 valence electrons. The summed E-state index contributed by atoms with van der Waals surface area (Å²) in [7, 11) is 1.45. The number of aliphatic hydroxyl groups excluding tert-OH is 1. The first kappa shape index (κ1) is 15.0. The molecule has 2 atom stereocenters. The molecular formula is C19H17NO4. The maximum atomic E-state index is 12.9. The van der Waals surface area contributed by atoms with Gasteiger partial charge in [-0.05, 0) is 42.0 Å². The fourth-order valence-electron chi connectivity index (χ4n) is 3.89. The second kappa shape index (κ2) is 4.98. The Morgan fingerprint density at radius 3 is 2.21 bits per heavy atom. The van der Waals surface area contributed by atoms with Crippen LogP contribution in [0.3, 0.4) is 0 Å². The van der Waals surface area contributed by atoms with Gasteiger partial charge in [-0.25, -0.2) is 0 Å². The van der Waals surface area contributed by atoms with Crippen molar-refractivity contribution in [2.45, 2.75) is 25.9 Å². The second-order valence-electron chi connectivity index (χ2n) is 6.50. The normalized spacial score (nSPS) is 23.0. The smallest absolute Gasteiger partial charge is 0.261 e. The van der Waals surface area contributed by atoms with Gasteiger partial charge in [0.2, 0.25) is 0 Å². The molecule has 0 saturated carbocycles. The van der Waals surface area contributed by atoms with Gasteiger partial charge in [-0.2, -0.15) is 0 Å². The molecule has 0 fully saturated rings. The summed E-state index contributed by atoms with van der Waals surface area (Å²) in [5.74, 6) is -1.05. The number of hydrogen-bond donors (Lipinski definition) is 1. The molecule has 1 heterocycles. The fourth-order valence-corrected chi connectivity index (χ4v) is 3.89. The largest absolute Gasteiger partial charge is 0.388 e. The van der Waals surface area contributed by atoms with Crippen LogP contribution in [0.5, 0.6) is 0 Å². The van der Waals surface area contributed by atoms with Gasteiger partial charge in [0.05, 0.1) is 6.10 Å². The number of carbonyl (C=O) groups is 3. The van der Waals surface area contributed by atoms with Crippen LogP contribution in [0.4, 0.5) is 0 Å². The molecule has 0 aromatic heterocycles. The summed E-state index contributed by atoms with van der Waals surface area (Å²) in [5.41, 5.74) is 1.93. The Kier molecular flexibility index (Phi) is 3.12. The molecule has 1 unspecified atom stereocenters. The van der Waals surface area contributed by atoms with E-state index >= 15 is 0 Å². The molecule has 2 amide bonds. The van der Waals surface area contributed by atoms with E-state index in [4.69, 9.17) is 0 Å². The van der Waals surface area contributed by atoms with Crippen LogP contribution in [0.2, 0.25) is 0 Å². The number of benzene rings is 2. The van der Waals surface area contributed by atoms with Crippen molar-refractivity contribution in [2.75, 3.05) is 7.05 Å². The highest BCUT2D eigenvalue weighted by atomic mass is 16.3. The highest BCUT2D eigenvalue weighted by Gasteiger charge is 2.36. The molecule has 2 aliphatic rings. The Labute approximate surface area is 138 Å². The fraction of sp³-hybridized carbons (Fsp3) is 0.316. The van der Waals surface area contributed by atoms with Gasteiger partial charge in [0.1, 0.15) is 0 Å². The highest BCUT2D eigenvalue weighted by molar-refractivity contribution is 6.28. The SMILES string of the molecule is CC[C@H]1CC(O)c2ccc3c4c(ccc(c24)C1=O)C(=O)N(C)C3=O. The predicted molar refractivity (Wildman–Crippen MR) is 88.1 cm³/mol. The summed E-state index contributed by atoms with van der Waals surface area (Å²) in [6.45, 7) is 1.92. The number of amides is 2.